The van der Waals surface area contributed by atoms with Crippen molar-refractivity contribution < 1.29 is 55.9 Å². The van der Waals surface area contributed by atoms with Crippen LogP contribution in [-0.2, 0) is 19.3 Å². The summed E-state index contributed by atoms with van der Waals surface area (Å²) in [5.41, 5.74) is 7.24. The molecule has 0 fully saturated rings. The first kappa shape index (κ1) is 42.4. The van der Waals surface area contributed by atoms with E-state index in [9.17, 15) is 45.6 Å². The van der Waals surface area contributed by atoms with Gasteiger partial charge in [-0.1, -0.05) is 60.2 Å². The molecule has 0 aliphatic rings. The van der Waals surface area contributed by atoms with Crippen LogP contribution in [-0.4, -0.2) is 56.8 Å². The summed E-state index contributed by atoms with van der Waals surface area (Å²) in [5.74, 6) is -1.20. The van der Waals surface area contributed by atoms with Crippen LogP contribution in [0.3, 0.4) is 0 Å². The van der Waals surface area contributed by atoms with E-state index in [0.717, 1.165) is 45.0 Å². The first-order valence-corrected chi connectivity index (χ1v) is 18.3. The Morgan fingerprint density at radius 2 is 0.780 bits per heavy atom. The molecule has 10 N–H and O–H groups in total. The SMILES string of the molecule is Cc1c(O)ccc(Cc2ccc(O)cc2)c1O.Cc1cc(Cc2ccc(O)cc2)c(O)c(Cc2ccc(O)cc2)c1.O=C(c1ccc(O)cc1)c1ccc(O)c(O)c1O. The van der Waals surface area contributed by atoms with E-state index in [1.807, 2.05) is 43.3 Å². The summed E-state index contributed by atoms with van der Waals surface area (Å²) in [6.07, 6.45) is 1.78. The number of rotatable bonds is 8. The maximum Gasteiger partial charge on any atom is 0.201 e. The van der Waals surface area contributed by atoms with Crippen molar-refractivity contribution in [1.82, 2.24) is 0 Å². The maximum atomic E-state index is 12.0. The highest BCUT2D eigenvalue weighted by Crippen LogP contribution is 2.38. The number of aromatic hydroxyl groups is 10. The lowest BCUT2D eigenvalue weighted by molar-refractivity contribution is 0.103. The van der Waals surface area contributed by atoms with Gasteiger partial charge in [0.05, 0.1) is 5.56 Å². The zero-order valence-electron chi connectivity index (χ0n) is 32.2. The van der Waals surface area contributed by atoms with Crippen molar-refractivity contribution in [2.75, 3.05) is 0 Å². The normalized spacial score (nSPS) is 10.5. The molecule has 302 valence electrons. The summed E-state index contributed by atoms with van der Waals surface area (Å²) < 4.78 is 0. The molecule has 0 spiro atoms. The van der Waals surface area contributed by atoms with E-state index in [0.29, 0.717) is 30.6 Å². The van der Waals surface area contributed by atoms with Gasteiger partial charge in [0.15, 0.2) is 17.3 Å². The van der Waals surface area contributed by atoms with Crippen molar-refractivity contribution in [1.29, 1.82) is 0 Å². The van der Waals surface area contributed by atoms with Crippen LogP contribution >= 0.6 is 0 Å². The molecule has 0 atom stereocenters. The second-order valence-corrected chi connectivity index (χ2v) is 13.9. The third-order valence-electron chi connectivity index (χ3n) is 9.39. The molecule has 0 bridgehead atoms. The molecule has 0 heterocycles. The molecule has 0 aliphatic heterocycles. The molecule has 0 saturated carbocycles. The van der Waals surface area contributed by atoms with Crippen molar-refractivity contribution >= 4 is 5.78 Å². The fourth-order valence-corrected chi connectivity index (χ4v) is 6.11. The van der Waals surface area contributed by atoms with Gasteiger partial charge in [0, 0.05) is 30.4 Å². The number of phenolic OH excluding ortho intramolecular Hbond substituents is 10. The van der Waals surface area contributed by atoms with Crippen LogP contribution in [0.4, 0.5) is 0 Å². The van der Waals surface area contributed by atoms with Gasteiger partial charge < -0.3 is 51.1 Å². The summed E-state index contributed by atoms with van der Waals surface area (Å²) in [7, 11) is 0. The highest BCUT2D eigenvalue weighted by atomic mass is 16.3. The van der Waals surface area contributed by atoms with Crippen molar-refractivity contribution in [3.05, 3.63) is 189 Å². The number of carbonyl (C=O) groups is 1. The number of carbonyl (C=O) groups excluding carboxylic acids is 1. The van der Waals surface area contributed by atoms with Crippen LogP contribution in [0, 0.1) is 13.8 Å². The van der Waals surface area contributed by atoms with Gasteiger partial charge in [0.2, 0.25) is 5.75 Å². The van der Waals surface area contributed by atoms with E-state index in [-0.39, 0.29) is 45.6 Å². The van der Waals surface area contributed by atoms with Crippen molar-refractivity contribution in [2.24, 2.45) is 0 Å². The number of hydrogen-bond donors (Lipinski definition) is 10. The zero-order valence-corrected chi connectivity index (χ0v) is 32.2. The number of benzene rings is 7. The molecular weight excluding hydrogens is 753 g/mol. The fourth-order valence-electron chi connectivity index (χ4n) is 6.11. The molecule has 7 aromatic carbocycles. The van der Waals surface area contributed by atoms with Crippen molar-refractivity contribution in [3.8, 4) is 57.5 Å². The van der Waals surface area contributed by atoms with Crippen molar-refractivity contribution in [2.45, 2.75) is 33.1 Å². The van der Waals surface area contributed by atoms with E-state index in [1.54, 1.807) is 67.6 Å². The average molecular weight is 797 g/mol. The molecule has 0 aromatic heterocycles. The van der Waals surface area contributed by atoms with Crippen LogP contribution in [0.5, 0.6) is 57.5 Å². The van der Waals surface area contributed by atoms with Gasteiger partial charge >= 0.3 is 0 Å². The van der Waals surface area contributed by atoms with E-state index < -0.39 is 23.0 Å². The van der Waals surface area contributed by atoms with Gasteiger partial charge in [-0.15, -0.1) is 0 Å². The van der Waals surface area contributed by atoms with Crippen LogP contribution in [0.15, 0.2) is 133 Å². The Hall–Kier alpha value is -7.79. The number of hydrogen-bond acceptors (Lipinski definition) is 11. The highest BCUT2D eigenvalue weighted by molar-refractivity contribution is 6.11. The molecule has 0 unspecified atom stereocenters. The predicted molar refractivity (Wildman–Crippen MR) is 223 cm³/mol. The van der Waals surface area contributed by atoms with Crippen molar-refractivity contribution in [3.63, 3.8) is 0 Å². The quantitative estimate of drug-likeness (QED) is 0.0518. The Labute approximate surface area is 340 Å². The smallest absolute Gasteiger partial charge is 0.201 e. The molecule has 0 radical (unpaired) electrons. The highest BCUT2D eigenvalue weighted by Gasteiger charge is 2.18. The second-order valence-electron chi connectivity index (χ2n) is 13.9. The Balaban J connectivity index is 0.000000172. The Bertz CT molecular complexity index is 2460. The molecule has 11 nitrogen and oxygen atoms in total. The van der Waals surface area contributed by atoms with E-state index in [2.05, 4.69) is 0 Å². The molecule has 7 aromatic rings. The van der Waals surface area contributed by atoms with E-state index in [1.165, 1.54) is 30.3 Å². The Kier molecular flexibility index (Phi) is 13.6. The lowest BCUT2D eigenvalue weighted by Gasteiger charge is -2.12. The summed E-state index contributed by atoms with van der Waals surface area (Å²) in [5, 5.41) is 95.1. The minimum absolute atomic E-state index is 0.0179. The summed E-state index contributed by atoms with van der Waals surface area (Å²) in [6, 6.07) is 35.9. The molecule has 7 rings (SSSR count). The summed E-state index contributed by atoms with van der Waals surface area (Å²) in [4.78, 5) is 12.0. The van der Waals surface area contributed by atoms with Gasteiger partial charge in [-0.05, 0) is 126 Å². The lowest BCUT2D eigenvalue weighted by Crippen LogP contribution is -2.01. The maximum absolute atomic E-state index is 12.0. The van der Waals surface area contributed by atoms with Crippen LogP contribution in [0.25, 0.3) is 0 Å². The third-order valence-corrected chi connectivity index (χ3v) is 9.39. The molecule has 0 amide bonds. The average Bonchev–Trinajstić information content (AvgIpc) is 3.22. The Morgan fingerprint density at radius 3 is 1.22 bits per heavy atom. The second kappa shape index (κ2) is 18.9. The molecule has 0 saturated heterocycles. The molecular formula is C48H44O11. The lowest BCUT2D eigenvalue weighted by atomic mass is 9.95. The molecule has 0 aliphatic carbocycles. The van der Waals surface area contributed by atoms with Gasteiger partial charge in [-0.2, -0.15) is 0 Å². The Morgan fingerprint density at radius 1 is 0.390 bits per heavy atom. The van der Waals surface area contributed by atoms with E-state index >= 15 is 0 Å². The number of phenols is 10. The third kappa shape index (κ3) is 11.2. The standard InChI is InChI=1S/C21H20O3.C14H14O3.C13H10O5/c1-14-10-17(12-15-2-6-19(22)7-3-15)21(24)18(11-14)13-16-4-8-20(23)9-5-16;1-9-13(16)7-4-11(14(9)17)8-10-2-5-12(15)6-3-10;14-8-3-1-7(2-4-8)11(16)9-5-6-10(15)13(18)12(9)17/h2-11,22-24H,12-13H2,1H3;2-7,15-17H,8H2,1H3;1-6,14-15,17-18H. The first-order valence-electron chi connectivity index (χ1n) is 18.3. The fraction of sp³-hybridized carbons (Fsp3) is 0.104. The van der Waals surface area contributed by atoms with Gasteiger partial charge in [0.1, 0.15) is 40.2 Å². The zero-order chi connectivity index (χ0) is 42.8. The van der Waals surface area contributed by atoms with Gasteiger partial charge in [-0.3, -0.25) is 4.79 Å². The topological polar surface area (TPSA) is 219 Å². The monoisotopic (exact) mass is 796 g/mol. The first-order chi connectivity index (χ1) is 28.1. The van der Waals surface area contributed by atoms with Gasteiger partial charge in [0.25, 0.3) is 0 Å². The largest absolute Gasteiger partial charge is 0.508 e. The number of aryl methyl sites for hydroxylation is 1. The molecule has 59 heavy (non-hydrogen) atoms. The van der Waals surface area contributed by atoms with Gasteiger partial charge in [-0.25, -0.2) is 0 Å². The van der Waals surface area contributed by atoms with Crippen LogP contribution < -0.4 is 0 Å². The number of ketones is 1. The van der Waals surface area contributed by atoms with E-state index in [4.69, 9.17) is 10.2 Å². The minimum atomic E-state index is -0.736. The summed E-state index contributed by atoms with van der Waals surface area (Å²) >= 11 is 0. The minimum Gasteiger partial charge on any atom is -0.508 e. The van der Waals surface area contributed by atoms with Crippen LogP contribution in [0.2, 0.25) is 0 Å². The van der Waals surface area contributed by atoms with Crippen LogP contribution in [0.1, 0.15) is 60.4 Å². The molecule has 11 heteroatoms. The summed E-state index contributed by atoms with van der Waals surface area (Å²) in [6.45, 7) is 3.69. The predicted octanol–water partition coefficient (Wildman–Crippen LogP) is 8.74.